The summed E-state index contributed by atoms with van der Waals surface area (Å²) in [5, 5.41) is 3.19. The summed E-state index contributed by atoms with van der Waals surface area (Å²) in [5.74, 6) is 0.287. The molecule has 0 radical (unpaired) electrons. The summed E-state index contributed by atoms with van der Waals surface area (Å²) in [6.07, 6.45) is 4.14. The summed E-state index contributed by atoms with van der Waals surface area (Å²) in [5.41, 5.74) is 1.70. The van der Waals surface area contributed by atoms with Crippen molar-refractivity contribution in [1.82, 2.24) is 9.97 Å². The van der Waals surface area contributed by atoms with Crippen LogP contribution < -0.4 is 10.0 Å². The van der Waals surface area contributed by atoms with Crippen molar-refractivity contribution >= 4 is 32.9 Å². The molecule has 3 rings (SSSR count). The van der Waals surface area contributed by atoms with Crippen LogP contribution in [0.15, 0.2) is 59.1 Å². The van der Waals surface area contributed by atoms with Gasteiger partial charge in [0.25, 0.3) is 10.0 Å². The molecule has 0 aliphatic heterocycles. The summed E-state index contributed by atoms with van der Waals surface area (Å²) >= 11 is 1.27. The Bertz CT molecular complexity index is 923. The molecular formula is C17H18N4O2S2. The normalized spacial score (nSPS) is 11.2. The Kier molecular flexibility index (Phi) is 5.30. The van der Waals surface area contributed by atoms with Crippen molar-refractivity contribution in [2.75, 3.05) is 10.0 Å². The van der Waals surface area contributed by atoms with Gasteiger partial charge in [0.2, 0.25) is 0 Å². The molecule has 2 N–H and O–H groups in total. The summed E-state index contributed by atoms with van der Waals surface area (Å²) in [6.45, 7) is 2.57. The van der Waals surface area contributed by atoms with E-state index in [0.717, 1.165) is 22.7 Å². The highest BCUT2D eigenvalue weighted by atomic mass is 32.2. The lowest BCUT2D eigenvalue weighted by molar-refractivity contribution is 0.603. The number of thiophene rings is 1. The molecule has 0 aliphatic rings. The van der Waals surface area contributed by atoms with E-state index in [1.54, 1.807) is 30.6 Å². The van der Waals surface area contributed by atoms with Crippen LogP contribution in [0, 0.1) is 0 Å². The molecule has 8 heteroatoms. The highest BCUT2D eigenvalue weighted by molar-refractivity contribution is 7.94. The highest BCUT2D eigenvalue weighted by Gasteiger charge is 2.17. The first-order valence-corrected chi connectivity index (χ1v) is 10.1. The van der Waals surface area contributed by atoms with E-state index in [9.17, 15) is 8.42 Å². The second-order valence-corrected chi connectivity index (χ2v) is 8.36. The van der Waals surface area contributed by atoms with E-state index in [4.69, 9.17) is 0 Å². The SMILES string of the molecule is CCc1ccc(S(=O)(=O)Nc2ccc(NCc3ccccn3)cn2)s1. The molecule has 0 amide bonds. The predicted octanol–water partition coefficient (Wildman–Crippen LogP) is 3.51. The first-order chi connectivity index (χ1) is 12.1. The van der Waals surface area contributed by atoms with Crippen molar-refractivity contribution in [3.8, 4) is 0 Å². The Morgan fingerprint density at radius 1 is 1.08 bits per heavy atom. The number of nitrogens with one attached hydrogen (secondary N) is 2. The first kappa shape index (κ1) is 17.4. The number of sulfonamides is 1. The minimum atomic E-state index is -3.60. The third-order valence-corrected chi connectivity index (χ3v) is 6.53. The van der Waals surface area contributed by atoms with Crippen LogP contribution >= 0.6 is 11.3 Å². The zero-order valence-electron chi connectivity index (χ0n) is 13.6. The number of hydrogen-bond donors (Lipinski definition) is 2. The van der Waals surface area contributed by atoms with Gasteiger partial charge in [0.1, 0.15) is 10.0 Å². The number of rotatable bonds is 7. The maximum Gasteiger partial charge on any atom is 0.272 e. The van der Waals surface area contributed by atoms with Crippen molar-refractivity contribution in [3.63, 3.8) is 0 Å². The molecular weight excluding hydrogens is 356 g/mol. The van der Waals surface area contributed by atoms with Crippen molar-refractivity contribution in [1.29, 1.82) is 0 Å². The molecule has 0 bridgehead atoms. The maximum atomic E-state index is 12.4. The quantitative estimate of drug-likeness (QED) is 0.661. The molecule has 130 valence electrons. The molecule has 0 fully saturated rings. The van der Waals surface area contributed by atoms with E-state index < -0.39 is 10.0 Å². The van der Waals surface area contributed by atoms with Gasteiger partial charge >= 0.3 is 0 Å². The molecule has 0 saturated heterocycles. The molecule has 0 aliphatic carbocycles. The standard InChI is InChI=1S/C17H18N4O2S2/c1-2-15-7-9-17(24-15)25(22,23)21-16-8-6-14(12-20-16)19-11-13-5-3-4-10-18-13/h3-10,12,19H,2,11H2,1H3,(H,20,21). The Morgan fingerprint density at radius 2 is 1.96 bits per heavy atom. The van der Waals surface area contributed by atoms with E-state index in [1.807, 2.05) is 31.2 Å². The number of anilines is 2. The van der Waals surface area contributed by atoms with Crippen LogP contribution in [-0.4, -0.2) is 18.4 Å². The highest BCUT2D eigenvalue weighted by Crippen LogP contribution is 2.24. The Morgan fingerprint density at radius 3 is 2.60 bits per heavy atom. The van der Waals surface area contributed by atoms with E-state index in [0.29, 0.717) is 10.8 Å². The first-order valence-electron chi connectivity index (χ1n) is 7.78. The van der Waals surface area contributed by atoms with Crippen molar-refractivity contribution in [2.45, 2.75) is 24.1 Å². The van der Waals surface area contributed by atoms with Gasteiger partial charge in [-0.2, -0.15) is 0 Å². The van der Waals surface area contributed by atoms with Gasteiger partial charge in [-0.25, -0.2) is 13.4 Å². The molecule has 3 aromatic heterocycles. The van der Waals surface area contributed by atoms with Gasteiger partial charge < -0.3 is 5.32 Å². The number of aryl methyl sites for hydroxylation is 1. The third-order valence-electron chi connectivity index (χ3n) is 3.45. The smallest absolute Gasteiger partial charge is 0.272 e. The van der Waals surface area contributed by atoms with Gasteiger partial charge in [-0.15, -0.1) is 11.3 Å². The zero-order chi connectivity index (χ0) is 17.7. The van der Waals surface area contributed by atoms with E-state index in [1.165, 1.54) is 11.3 Å². The van der Waals surface area contributed by atoms with Crippen molar-refractivity contribution in [2.24, 2.45) is 0 Å². The predicted molar refractivity (Wildman–Crippen MR) is 100 cm³/mol. The molecule has 0 saturated carbocycles. The van der Waals surface area contributed by atoms with Gasteiger partial charge in [0, 0.05) is 11.1 Å². The molecule has 6 nitrogen and oxygen atoms in total. The lowest BCUT2D eigenvalue weighted by atomic mass is 10.3. The Hall–Kier alpha value is -2.45. The fraction of sp³-hybridized carbons (Fsp3) is 0.176. The summed E-state index contributed by atoms with van der Waals surface area (Å²) in [6, 6.07) is 12.6. The van der Waals surface area contributed by atoms with Crippen molar-refractivity contribution in [3.05, 3.63) is 65.4 Å². The largest absolute Gasteiger partial charge is 0.378 e. The Balaban J connectivity index is 1.64. The van der Waals surface area contributed by atoms with Crippen LogP contribution in [0.3, 0.4) is 0 Å². The molecule has 25 heavy (non-hydrogen) atoms. The molecule has 0 atom stereocenters. The average Bonchev–Trinajstić information content (AvgIpc) is 3.12. The minimum Gasteiger partial charge on any atom is -0.378 e. The topological polar surface area (TPSA) is 84.0 Å². The van der Waals surface area contributed by atoms with Gasteiger partial charge in [0.15, 0.2) is 0 Å². The number of pyridine rings is 2. The second-order valence-electron chi connectivity index (χ2n) is 5.29. The summed E-state index contributed by atoms with van der Waals surface area (Å²) in [4.78, 5) is 9.42. The second kappa shape index (κ2) is 7.62. The fourth-order valence-corrected chi connectivity index (χ4v) is 4.44. The van der Waals surface area contributed by atoms with Gasteiger partial charge in [-0.1, -0.05) is 13.0 Å². The lowest BCUT2D eigenvalue weighted by Crippen LogP contribution is -2.12. The molecule has 0 unspecified atom stereocenters. The number of hydrogen-bond acceptors (Lipinski definition) is 6. The number of aromatic nitrogens is 2. The van der Waals surface area contributed by atoms with Crippen LogP contribution in [-0.2, 0) is 23.0 Å². The molecule has 3 aromatic rings. The van der Waals surface area contributed by atoms with Gasteiger partial charge in [-0.3, -0.25) is 9.71 Å². The van der Waals surface area contributed by atoms with Crippen LogP contribution in [0.4, 0.5) is 11.5 Å². The van der Waals surface area contributed by atoms with Crippen LogP contribution in [0.2, 0.25) is 0 Å². The average molecular weight is 374 g/mol. The lowest BCUT2D eigenvalue weighted by Gasteiger charge is -2.08. The molecule has 3 heterocycles. The van der Waals surface area contributed by atoms with E-state index >= 15 is 0 Å². The maximum absolute atomic E-state index is 12.4. The van der Waals surface area contributed by atoms with E-state index in [2.05, 4.69) is 20.0 Å². The Labute approximate surface area is 151 Å². The third kappa shape index (κ3) is 4.55. The van der Waals surface area contributed by atoms with Crippen molar-refractivity contribution < 1.29 is 8.42 Å². The number of nitrogens with zero attached hydrogens (tertiary/aromatic N) is 2. The molecule has 0 spiro atoms. The summed E-state index contributed by atoms with van der Waals surface area (Å²) < 4.78 is 27.5. The van der Waals surface area contributed by atoms with Crippen LogP contribution in [0.25, 0.3) is 0 Å². The van der Waals surface area contributed by atoms with Gasteiger partial charge in [0.05, 0.1) is 24.1 Å². The van der Waals surface area contributed by atoms with Crippen LogP contribution in [0.5, 0.6) is 0 Å². The monoisotopic (exact) mass is 374 g/mol. The summed E-state index contributed by atoms with van der Waals surface area (Å²) in [7, 11) is -3.60. The zero-order valence-corrected chi connectivity index (χ0v) is 15.3. The van der Waals surface area contributed by atoms with Gasteiger partial charge in [-0.05, 0) is 42.8 Å². The van der Waals surface area contributed by atoms with Crippen LogP contribution in [0.1, 0.15) is 17.5 Å². The minimum absolute atomic E-state index is 0.287. The fourth-order valence-electron chi connectivity index (χ4n) is 2.13. The van der Waals surface area contributed by atoms with E-state index in [-0.39, 0.29) is 5.82 Å². The molecule has 0 aromatic carbocycles.